The van der Waals surface area contributed by atoms with Gasteiger partial charge in [0.15, 0.2) is 0 Å². The number of nitrogens with one attached hydrogen (secondary N) is 4. The standard InChI is InChI=1S/C35H43N5O6/c1-22(2)17-28-34(44)37-21-32(43)40-29(35(45)46-3)19-23-9-6-12-25(18-23)26(10-4-5-15-30(41)39-28)20-31(42)38-27-14-7-11-24-13-8-16-36-33(24)27/h6-9,11-14,16,18,22,26,28-29H,4-5,10,15,17,19-21H2,1-3H3,(H,37,44)(H,38,42)(H,39,41)(H,40,43)/t26?,28-,29-/m0/s1. The first-order valence-corrected chi connectivity index (χ1v) is 15.8. The van der Waals surface area contributed by atoms with Gasteiger partial charge in [0.2, 0.25) is 23.6 Å². The topological polar surface area (TPSA) is 156 Å². The highest BCUT2D eigenvalue weighted by molar-refractivity contribution is 6.00. The average Bonchev–Trinajstić information content (AvgIpc) is 3.03. The predicted molar refractivity (Wildman–Crippen MR) is 175 cm³/mol. The summed E-state index contributed by atoms with van der Waals surface area (Å²) in [6, 6.07) is 15.2. The molecule has 0 fully saturated rings. The Balaban J connectivity index is 1.58. The van der Waals surface area contributed by atoms with E-state index in [1.54, 1.807) is 6.20 Å². The molecular formula is C35H43N5O6. The number of para-hydroxylation sites is 1. The molecule has 244 valence electrons. The summed E-state index contributed by atoms with van der Waals surface area (Å²) < 4.78 is 4.95. The van der Waals surface area contributed by atoms with Crippen molar-refractivity contribution in [1.29, 1.82) is 0 Å². The summed E-state index contributed by atoms with van der Waals surface area (Å²) in [5.74, 6) is -2.13. The normalized spacial score (nSPS) is 20.1. The van der Waals surface area contributed by atoms with Crippen LogP contribution in [-0.4, -0.2) is 60.3 Å². The lowest BCUT2D eigenvalue weighted by molar-refractivity contribution is -0.145. The van der Waals surface area contributed by atoms with Crippen LogP contribution in [0.5, 0.6) is 0 Å². The summed E-state index contributed by atoms with van der Waals surface area (Å²) >= 11 is 0. The monoisotopic (exact) mass is 629 g/mol. The highest BCUT2D eigenvalue weighted by atomic mass is 16.5. The van der Waals surface area contributed by atoms with Crippen LogP contribution in [-0.2, 0) is 35.1 Å². The van der Waals surface area contributed by atoms with Gasteiger partial charge in [-0.1, -0.05) is 62.7 Å². The van der Waals surface area contributed by atoms with Crippen molar-refractivity contribution in [3.05, 3.63) is 71.9 Å². The van der Waals surface area contributed by atoms with Crippen molar-refractivity contribution in [2.24, 2.45) is 5.92 Å². The van der Waals surface area contributed by atoms with Gasteiger partial charge >= 0.3 is 5.97 Å². The number of aromatic nitrogens is 1. The predicted octanol–water partition coefficient (Wildman–Crippen LogP) is 3.77. The molecule has 11 heteroatoms. The lowest BCUT2D eigenvalue weighted by atomic mass is 9.88. The number of hydrogen-bond donors (Lipinski definition) is 4. The Morgan fingerprint density at radius 3 is 2.57 bits per heavy atom. The lowest BCUT2D eigenvalue weighted by Gasteiger charge is -2.22. The molecule has 11 nitrogen and oxygen atoms in total. The van der Waals surface area contributed by atoms with Crippen LogP contribution in [0, 0.1) is 5.92 Å². The first-order valence-electron chi connectivity index (χ1n) is 15.8. The second-order valence-electron chi connectivity index (χ2n) is 12.1. The molecule has 0 saturated carbocycles. The molecule has 4 rings (SSSR count). The highest BCUT2D eigenvalue weighted by Crippen LogP contribution is 2.29. The molecule has 0 spiro atoms. The highest BCUT2D eigenvalue weighted by Gasteiger charge is 2.26. The maximum Gasteiger partial charge on any atom is 0.328 e. The zero-order valence-electron chi connectivity index (χ0n) is 26.6. The Labute approximate surface area is 269 Å². The summed E-state index contributed by atoms with van der Waals surface area (Å²) in [6.45, 7) is 3.53. The van der Waals surface area contributed by atoms with E-state index in [2.05, 4.69) is 26.3 Å². The number of rotatable bonds is 6. The molecule has 4 N–H and O–H groups in total. The molecule has 2 aromatic carbocycles. The van der Waals surface area contributed by atoms with E-state index in [9.17, 15) is 24.0 Å². The number of anilines is 1. The van der Waals surface area contributed by atoms with Gasteiger partial charge in [0.1, 0.15) is 12.1 Å². The van der Waals surface area contributed by atoms with Gasteiger partial charge in [0.25, 0.3) is 0 Å². The van der Waals surface area contributed by atoms with Crippen LogP contribution in [0.25, 0.3) is 10.9 Å². The number of carbonyl (C=O) groups is 5. The van der Waals surface area contributed by atoms with Gasteiger partial charge in [-0.15, -0.1) is 0 Å². The Bertz CT molecular complexity index is 1550. The molecule has 2 bridgehead atoms. The van der Waals surface area contributed by atoms with E-state index >= 15 is 0 Å². The smallest absolute Gasteiger partial charge is 0.328 e. The fourth-order valence-electron chi connectivity index (χ4n) is 5.74. The summed E-state index contributed by atoms with van der Waals surface area (Å²) in [7, 11) is 1.25. The number of nitrogens with zero attached hydrogens (tertiary/aromatic N) is 1. The SMILES string of the molecule is COC(=O)[C@@H]1Cc2cccc(c2)C(CC(=O)Nc2cccc3cccnc23)CCCCC(=O)N[C@@H](CC(C)C)C(=O)NCC(=O)N1. The van der Waals surface area contributed by atoms with Crippen molar-refractivity contribution in [3.63, 3.8) is 0 Å². The number of hydrogen-bond acceptors (Lipinski definition) is 7. The minimum absolute atomic E-state index is 0.122. The van der Waals surface area contributed by atoms with E-state index in [1.807, 2.05) is 68.4 Å². The molecular weight excluding hydrogens is 586 g/mol. The molecule has 1 aliphatic heterocycles. The van der Waals surface area contributed by atoms with Gasteiger partial charge in [-0.3, -0.25) is 24.2 Å². The molecule has 1 aliphatic rings. The molecule has 0 radical (unpaired) electrons. The lowest BCUT2D eigenvalue weighted by Crippen LogP contribution is -2.51. The Morgan fingerprint density at radius 1 is 1.00 bits per heavy atom. The molecule has 46 heavy (non-hydrogen) atoms. The number of benzene rings is 2. The third-order valence-electron chi connectivity index (χ3n) is 8.01. The van der Waals surface area contributed by atoms with Gasteiger partial charge in [0, 0.05) is 30.8 Å². The minimum Gasteiger partial charge on any atom is -0.467 e. The zero-order chi connectivity index (χ0) is 33.1. The van der Waals surface area contributed by atoms with Crippen molar-refractivity contribution in [3.8, 4) is 0 Å². The maximum atomic E-state index is 13.4. The number of fused-ring (bicyclic) bond motifs is 3. The summed E-state index contributed by atoms with van der Waals surface area (Å²) in [4.78, 5) is 69.1. The number of ether oxygens (including phenoxy) is 1. The van der Waals surface area contributed by atoms with Crippen LogP contribution in [0.2, 0.25) is 0 Å². The Kier molecular flexibility index (Phi) is 12.2. The van der Waals surface area contributed by atoms with Crippen LogP contribution in [0.1, 0.15) is 69.4 Å². The fourth-order valence-corrected chi connectivity index (χ4v) is 5.74. The quantitative estimate of drug-likeness (QED) is 0.303. The molecule has 1 unspecified atom stereocenters. The van der Waals surface area contributed by atoms with Crippen LogP contribution in [0.15, 0.2) is 60.8 Å². The maximum absolute atomic E-state index is 13.4. The number of carbonyl (C=O) groups excluding carboxylic acids is 5. The second-order valence-corrected chi connectivity index (χ2v) is 12.1. The van der Waals surface area contributed by atoms with Gasteiger partial charge in [0.05, 0.1) is 24.9 Å². The summed E-state index contributed by atoms with van der Waals surface area (Å²) in [5, 5.41) is 12.0. The molecule has 0 aliphatic carbocycles. The number of esters is 1. The van der Waals surface area contributed by atoms with Crippen molar-refractivity contribution >= 4 is 46.2 Å². The zero-order valence-corrected chi connectivity index (χ0v) is 26.6. The third kappa shape index (κ3) is 9.85. The van der Waals surface area contributed by atoms with Crippen molar-refractivity contribution in [2.75, 3.05) is 19.0 Å². The number of pyridine rings is 1. The van der Waals surface area contributed by atoms with Gasteiger partial charge in [-0.25, -0.2) is 4.79 Å². The molecule has 1 aromatic heterocycles. The van der Waals surface area contributed by atoms with Crippen LogP contribution < -0.4 is 21.3 Å². The van der Waals surface area contributed by atoms with Crippen LogP contribution in [0.4, 0.5) is 5.69 Å². The molecule has 3 aromatic rings. The Hall–Kier alpha value is -4.80. The summed E-state index contributed by atoms with van der Waals surface area (Å²) in [6.07, 6.45) is 4.54. The molecule has 4 amide bonds. The first kappa shape index (κ1) is 34.1. The van der Waals surface area contributed by atoms with Gasteiger partial charge in [-0.2, -0.15) is 0 Å². The molecule has 2 heterocycles. The van der Waals surface area contributed by atoms with E-state index in [0.29, 0.717) is 36.9 Å². The number of methoxy groups -OCH3 is 1. The molecule has 3 atom stereocenters. The fraction of sp³-hybridized carbons (Fsp3) is 0.429. The minimum atomic E-state index is -0.990. The summed E-state index contributed by atoms with van der Waals surface area (Å²) in [5.41, 5.74) is 3.02. The largest absolute Gasteiger partial charge is 0.467 e. The van der Waals surface area contributed by atoms with Crippen LogP contribution >= 0.6 is 0 Å². The van der Waals surface area contributed by atoms with E-state index in [4.69, 9.17) is 4.74 Å². The van der Waals surface area contributed by atoms with Crippen molar-refractivity contribution in [1.82, 2.24) is 20.9 Å². The van der Waals surface area contributed by atoms with Crippen LogP contribution in [0.3, 0.4) is 0 Å². The van der Waals surface area contributed by atoms with E-state index in [-0.39, 0.29) is 49.5 Å². The van der Waals surface area contributed by atoms with E-state index in [0.717, 1.165) is 16.5 Å². The average molecular weight is 630 g/mol. The van der Waals surface area contributed by atoms with Gasteiger partial charge < -0.3 is 26.0 Å². The van der Waals surface area contributed by atoms with E-state index in [1.165, 1.54) is 7.11 Å². The van der Waals surface area contributed by atoms with Gasteiger partial charge in [-0.05, 0) is 54.4 Å². The van der Waals surface area contributed by atoms with Crippen molar-refractivity contribution in [2.45, 2.75) is 76.8 Å². The Morgan fingerprint density at radius 2 is 1.78 bits per heavy atom. The van der Waals surface area contributed by atoms with Crippen molar-refractivity contribution < 1.29 is 28.7 Å². The number of amides is 4. The van der Waals surface area contributed by atoms with E-state index < -0.39 is 29.9 Å². The molecule has 0 saturated heterocycles. The third-order valence-corrected chi connectivity index (χ3v) is 8.01. The second kappa shape index (κ2) is 16.5. The first-order chi connectivity index (χ1) is 22.1.